The Balaban J connectivity index is 2.44. The van der Waals surface area contributed by atoms with Gasteiger partial charge in [-0.2, -0.15) is 0 Å². The van der Waals surface area contributed by atoms with Crippen molar-refractivity contribution in [3.05, 3.63) is 18.2 Å². The molecule has 0 amide bonds. The SMILES string of the molecule is O=C=CC1CC=CCCCC1. The summed E-state index contributed by atoms with van der Waals surface area (Å²) in [7, 11) is 0. The van der Waals surface area contributed by atoms with E-state index in [4.69, 9.17) is 0 Å². The fourth-order valence-corrected chi connectivity index (χ4v) is 1.42. The molecule has 0 aliphatic heterocycles. The van der Waals surface area contributed by atoms with Crippen LogP contribution in [0.15, 0.2) is 18.2 Å². The molecule has 1 rings (SSSR count). The van der Waals surface area contributed by atoms with E-state index in [2.05, 4.69) is 12.2 Å². The molecular formula is C10H14O. The lowest BCUT2D eigenvalue weighted by Gasteiger charge is -2.10. The molecule has 0 saturated heterocycles. The molecule has 1 nitrogen and oxygen atoms in total. The van der Waals surface area contributed by atoms with E-state index in [-0.39, 0.29) is 0 Å². The molecule has 1 aliphatic carbocycles. The maximum Gasteiger partial charge on any atom is 0.120 e. The van der Waals surface area contributed by atoms with E-state index in [0.717, 1.165) is 12.8 Å². The number of rotatable bonds is 1. The molecule has 1 atom stereocenters. The average Bonchev–Trinajstić information content (AvgIpc) is 1.94. The Morgan fingerprint density at radius 1 is 1.36 bits per heavy atom. The third kappa shape index (κ3) is 3.20. The highest BCUT2D eigenvalue weighted by Gasteiger charge is 2.04. The summed E-state index contributed by atoms with van der Waals surface area (Å²) in [6, 6.07) is 0. The summed E-state index contributed by atoms with van der Waals surface area (Å²) in [6.45, 7) is 0. The van der Waals surface area contributed by atoms with E-state index in [1.165, 1.54) is 19.3 Å². The molecule has 1 unspecified atom stereocenters. The maximum absolute atomic E-state index is 10.1. The molecule has 60 valence electrons. The highest BCUT2D eigenvalue weighted by atomic mass is 16.1. The molecule has 0 heterocycles. The fraction of sp³-hybridized carbons (Fsp3) is 0.600. The van der Waals surface area contributed by atoms with Crippen molar-refractivity contribution in [2.75, 3.05) is 0 Å². The lowest BCUT2D eigenvalue weighted by atomic mass is 9.95. The van der Waals surface area contributed by atoms with Crippen LogP contribution in [0.1, 0.15) is 32.1 Å². The van der Waals surface area contributed by atoms with Crippen molar-refractivity contribution in [1.82, 2.24) is 0 Å². The van der Waals surface area contributed by atoms with Gasteiger partial charge in [-0.15, -0.1) is 0 Å². The predicted octanol–water partition coefficient (Wildman–Crippen LogP) is 2.51. The monoisotopic (exact) mass is 150 g/mol. The summed E-state index contributed by atoms with van der Waals surface area (Å²) in [5, 5.41) is 0. The normalized spacial score (nSPS) is 24.9. The average molecular weight is 150 g/mol. The number of carbonyl (C=O) groups excluding carboxylic acids is 1. The quantitative estimate of drug-likeness (QED) is 0.414. The third-order valence-electron chi connectivity index (χ3n) is 2.10. The minimum atomic E-state index is 0.448. The Hall–Kier alpha value is -0.810. The van der Waals surface area contributed by atoms with Gasteiger partial charge in [-0.1, -0.05) is 18.6 Å². The molecule has 0 fully saturated rings. The molecule has 1 aliphatic rings. The van der Waals surface area contributed by atoms with Gasteiger partial charge in [-0.3, -0.25) is 0 Å². The number of hydrogen-bond donors (Lipinski definition) is 0. The first-order chi connectivity index (χ1) is 5.43. The maximum atomic E-state index is 10.1. The van der Waals surface area contributed by atoms with E-state index >= 15 is 0 Å². The third-order valence-corrected chi connectivity index (χ3v) is 2.10. The zero-order chi connectivity index (χ0) is 7.94. The van der Waals surface area contributed by atoms with Gasteiger partial charge in [0, 0.05) is 6.08 Å². The minimum absolute atomic E-state index is 0.448. The molecule has 0 bridgehead atoms. The van der Waals surface area contributed by atoms with Gasteiger partial charge in [0.15, 0.2) is 0 Å². The van der Waals surface area contributed by atoms with Gasteiger partial charge in [-0.25, -0.2) is 4.79 Å². The van der Waals surface area contributed by atoms with Crippen molar-refractivity contribution in [3.8, 4) is 0 Å². The van der Waals surface area contributed by atoms with Crippen LogP contribution < -0.4 is 0 Å². The van der Waals surface area contributed by atoms with Gasteiger partial charge in [0.2, 0.25) is 0 Å². The van der Waals surface area contributed by atoms with E-state index in [1.807, 2.05) is 5.94 Å². The van der Waals surface area contributed by atoms with Crippen LogP contribution in [0, 0.1) is 5.92 Å². The van der Waals surface area contributed by atoms with Crippen LogP contribution >= 0.6 is 0 Å². The minimum Gasteiger partial charge on any atom is -0.234 e. The Labute approximate surface area is 67.8 Å². The molecule has 0 spiro atoms. The smallest absolute Gasteiger partial charge is 0.120 e. The zero-order valence-corrected chi connectivity index (χ0v) is 6.75. The molecule has 0 aromatic rings. The van der Waals surface area contributed by atoms with Crippen molar-refractivity contribution in [2.24, 2.45) is 5.92 Å². The van der Waals surface area contributed by atoms with Crippen LogP contribution in [0.3, 0.4) is 0 Å². The van der Waals surface area contributed by atoms with Crippen molar-refractivity contribution < 1.29 is 4.79 Å². The Kier molecular flexibility index (Phi) is 3.71. The fourth-order valence-electron chi connectivity index (χ4n) is 1.42. The molecule has 0 saturated carbocycles. The summed E-state index contributed by atoms with van der Waals surface area (Å²) >= 11 is 0. The Bertz CT molecular complexity index is 175. The van der Waals surface area contributed by atoms with Crippen LogP contribution in [0.2, 0.25) is 0 Å². The Morgan fingerprint density at radius 2 is 2.27 bits per heavy atom. The van der Waals surface area contributed by atoms with Crippen molar-refractivity contribution in [1.29, 1.82) is 0 Å². The molecule has 11 heavy (non-hydrogen) atoms. The highest BCUT2D eigenvalue weighted by Crippen LogP contribution is 2.18. The first-order valence-electron chi connectivity index (χ1n) is 4.29. The van der Waals surface area contributed by atoms with Crippen LogP contribution in [0.5, 0.6) is 0 Å². The molecule has 0 N–H and O–H groups in total. The van der Waals surface area contributed by atoms with Gasteiger partial charge in [0.1, 0.15) is 5.94 Å². The van der Waals surface area contributed by atoms with E-state index in [0.29, 0.717) is 5.92 Å². The molecular weight excluding hydrogens is 136 g/mol. The van der Waals surface area contributed by atoms with Crippen LogP contribution in [-0.2, 0) is 4.79 Å². The van der Waals surface area contributed by atoms with Crippen molar-refractivity contribution in [3.63, 3.8) is 0 Å². The lowest BCUT2D eigenvalue weighted by molar-refractivity contribution is 0.532. The van der Waals surface area contributed by atoms with Gasteiger partial charge in [-0.05, 0) is 31.6 Å². The molecule has 1 heteroatoms. The van der Waals surface area contributed by atoms with Gasteiger partial charge >= 0.3 is 0 Å². The standard InChI is InChI=1S/C10H14O/c11-9-8-10-6-4-2-1-3-5-7-10/h2,4,8,10H,1,3,5-7H2. The summed E-state index contributed by atoms with van der Waals surface area (Å²) < 4.78 is 0. The first kappa shape index (κ1) is 8.29. The topological polar surface area (TPSA) is 17.1 Å². The summed E-state index contributed by atoms with van der Waals surface area (Å²) in [5.41, 5.74) is 0. The van der Waals surface area contributed by atoms with Crippen molar-refractivity contribution in [2.45, 2.75) is 32.1 Å². The highest BCUT2D eigenvalue weighted by molar-refractivity contribution is 5.45. The van der Waals surface area contributed by atoms with Crippen LogP contribution in [0.25, 0.3) is 0 Å². The second-order valence-electron chi connectivity index (χ2n) is 3.04. The first-order valence-corrected chi connectivity index (χ1v) is 4.29. The van der Waals surface area contributed by atoms with Crippen LogP contribution in [0.4, 0.5) is 0 Å². The molecule has 0 radical (unpaired) electrons. The summed E-state index contributed by atoms with van der Waals surface area (Å²) in [6.07, 6.45) is 11.9. The molecule has 0 aromatic carbocycles. The summed E-state index contributed by atoms with van der Waals surface area (Å²) in [4.78, 5) is 10.1. The molecule has 0 aromatic heterocycles. The zero-order valence-electron chi connectivity index (χ0n) is 6.75. The van der Waals surface area contributed by atoms with Crippen LogP contribution in [-0.4, -0.2) is 5.94 Å². The van der Waals surface area contributed by atoms with E-state index < -0.39 is 0 Å². The number of allylic oxidation sites excluding steroid dienone is 3. The lowest BCUT2D eigenvalue weighted by Crippen LogP contribution is -1.97. The summed E-state index contributed by atoms with van der Waals surface area (Å²) in [5.74, 6) is 2.32. The Morgan fingerprint density at radius 3 is 3.09 bits per heavy atom. The van der Waals surface area contributed by atoms with Gasteiger partial charge in [0.25, 0.3) is 0 Å². The second-order valence-corrected chi connectivity index (χ2v) is 3.04. The largest absolute Gasteiger partial charge is 0.234 e. The van der Waals surface area contributed by atoms with E-state index in [1.54, 1.807) is 6.08 Å². The van der Waals surface area contributed by atoms with Crippen molar-refractivity contribution >= 4 is 5.94 Å². The van der Waals surface area contributed by atoms with Gasteiger partial charge < -0.3 is 0 Å². The predicted molar refractivity (Wildman–Crippen MR) is 46.0 cm³/mol. The van der Waals surface area contributed by atoms with E-state index in [9.17, 15) is 4.79 Å². The van der Waals surface area contributed by atoms with Gasteiger partial charge in [0.05, 0.1) is 0 Å². The number of hydrogen-bond acceptors (Lipinski definition) is 1. The second kappa shape index (κ2) is 4.92.